The summed E-state index contributed by atoms with van der Waals surface area (Å²) >= 11 is 1.56. The van der Waals surface area contributed by atoms with Crippen LogP contribution in [0.2, 0.25) is 0 Å². The molecule has 0 bridgehead atoms. The van der Waals surface area contributed by atoms with Crippen molar-refractivity contribution in [3.8, 4) is 0 Å². The lowest BCUT2D eigenvalue weighted by Gasteiger charge is -2.32. The molecule has 0 aliphatic heterocycles. The zero-order valence-electron chi connectivity index (χ0n) is 39.8. The number of carboxylic acid groups (broad SMARTS) is 1. The third-order valence-corrected chi connectivity index (χ3v) is 13.1. The number of carboxylic acids is 1. The number of aliphatic carboxylic acids is 1. The Morgan fingerprint density at radius 2 is 1.06 bits per heavy atom. The SMILES string of the molecule is CSCC[C@H](NC(=O)CCCCCCCCCCCCCCC(=O)N[C@H](C(=O)N[C@H](C(=O)N[C@@H](Cc1ccccc1)C(N)=O)C1CCCCC1)C(C)O)C(=O)N[C@@H](Cc1ccccc1)C(=O)O. The van der Waals surface area contributed by atoms with Gasteiger partial charge in [0, 0.05) is 25.7 Å². The second kappa shape index (κ2) is 32.7. The van der Waals surface area contributed by atoms with Crippen LogP contribution in [0.4, 0.5) is 0 Å². The molecule has 0 radical (unpaired) electrons. The Labute approximate surface area is 402 Å². The zero-order valence-corrected chi connectivity index (χ0v) is 40.6. The van der Waals surface area contributed by atoms with Gasteiger partial charge in [-0.3, -0.25) is 28.8 Å². The summed E-state index contributed by atoms with van der Waals surface area (Å²) in [6, 6.07) is 13.2. The fraction of sp³-hybridized carbons (Fsp3) is 0.627. The molecule has 1 aliphatic carbocycles. The van der Waals surface area contributed by atoms with E-state index in [0.717, 1.165) is 114 Å². The van der Waals surface area contributed by atoms with Gasteiger partial charge in [0.15, 0.2) is 0 Å². The molecule has 0 heterocycles. The number of hydrogen-bond acceptors (Lipinski definition) is 9. The number of amides is 6. The number of aliphatic hydroxyl groups excluding tert-OH is 1. The highest BCUT2D eigenvalue weighted by atomic mass is 32.2. The predicted molar refractivity (Wildman–Crippen MR) is 263 cm³/mol. The molecule has 1 unspecified atom stereocenters. The summed E-state index contributed by atoms with van der Waals surface area (Å²) in [5.74, 6) is -3.54. The summed E-state index contributed by atoms with van der Waals surface area (Å²) in [5, 5.41) is 33.9. The van der Waals surface area contributed by atoms with Crippen molar-refractivity contribution < 1.29 is 43.8 Å². The van der Waals surface area contributed by atoms with Crippen LogP contribution in [-0.4, -0.2) is 99.9 Å². The first-order valence-corrected chi connectivity index (χ1v) is 25.9. The van der Waals surface area contributed by atoms with Crippen LogP contribution in [0.15, 0.2) is 60.7 Å². The number of hydrogen-bond donors (Lipinski definition) is 8. The topological polar surface area (TPSA) is 246 Å². The Bertz CT molecular complexity index is 1800. The van der Waals surface area contributed by atoms with Crippen molar-refractivity contribution in [1.29, 1.82) is 0 Å². The fourth-order valence-electron chi connectivity index (χ4n) is 8.52. The van der Waals surface area contributed by atoms with Crippen molar-refractivity contribution in [2.45, 2.75) is 184 Å². The van der Waals surface area contributed by atoms with Crippen LogP contribution in [0.5, 0.6) is 0 Å². The van der Waals surface area contributed by atoms with Crippen molar-refractivity contribution in [3.63, 3.8) is 0 Å². The lowest BCUT2D eigenvalue weighted by atomic mass is 9.83. The lowest BCUT2D eigenvalue weighted by molar-refractivity contribution is -0.142. The van der Waals surface area contributed by atoms with Crippen molar-refractivity contribution in [3.05, 3.63) is 71.8 Å². The molecule has 1 saturated carbocycles. The number of carbonyl (C=O) groups excluding carboxylic acids is 6. The fourth-order valence-corrected chi connectivity index (χ4v) is 9.00. The first kappa shape index (κ1) is 56.4. The van der Waals surface area contributed by atoms with Crippen LogP contribution in [-0.2, 0) is 46.4 Å². The number of primary amides is 1. The van der Waals surface area contributed by atoms with E-state index in [1.54, 1.807) is 11.8 Å². The number of benzene rings is 2. The van der Waals surface area contributed by atoms with E-state index in [1.165, 1.54) is 6.92 Å². The van der Waals surface area contributed by atoms with Crippen molar-refractivity contribution in [1.82, 2.24) is 26.6 Å². The smallest absolute Gasteiger partial charge is 0.326 e. The molecule has 67 heavy (non-hydrogen) atoms. The Morgan fingerprint density at radius 1 is 0.597 bits per heavy atom. The van der Waals surface area contributed by atoms with E-state index in [0.29, 0.717) is 25.0 Å². The minimum Gasteiger partial charge on any atom is -0.480 e. The normalized spacial score (nSPS) is 15.4. The highest BCUT2D eigenvalue weighted by Crippen LogP contribution is 2.27. The Hall–Kier alpha value is -4.96. The minimum absolute atomic E-state index is 0.153. The third kappa shape index (κ3) is 23.1. The van der Waals surface area contributed by atoms with Gasteiger partial charge < -0.3 is 42.5 Å². The van der Waals surface area contributed by atoms with Gasteiger partial charge in [0.25, 0.3) is 0 Å². The van der Waals surface area contributed by atoms with Crippen LogP contribution in [0.1, 0.15) is 146 Å². The molecule has 0 saturated heterocycles. The average molecular weight is 951 g/mol. The van der Waals surface area contributed by atoms with Crippen LogP contribution < -0.4 is 32.3 Å². The molecular formula is C51H78N6O9S. The maximum atomic E-state index is 13.7. The van der Waals surface area contributed by atoms with Gasteiger partial charge in [0.2, 0.25) is 35.4 Å². The van der Waals surface area contributed by atoms with Crippen LogP contribution in [0, 0.1) is 5.92 Å². The molecule has 6 amide bonds. The molecule has 0 spiro atoms. The molecule has 9 N–H and O–H groups in total. The average Bonchev–Trinajstić information content (AvgIpc) is 3.31. The molecule has 0 aromatic heterocycles. The molecule has 6 atom stereocenters. The maximum Gasteiger partial charge on any atom is 0.326 e. The highest BCUT2D eigenvalue weighted by molar-refractivity contribution is 7.98. The van der Waals surface area contributed by atoms with Crippen LogP contribution in [0.25, 0.3) is 0 Å². The van der Waals surface area contributed by atoms with Crippen molar-refractivity contribution in [2.75, 3.05) is 12.0 Å². The number of aliphatic hydroxyl groups is 1. The lowest BCUT2D eigenvalue weighted by Crippen LogP contribution is -2.60. The van der Waals surface area contributed by atoms with Crippen LogP contribution >= 0.6 is 11.8 Å². The van der Waals surface area contributed by atoms with E-state index < -0.39 is 65.9 Å². The quantitative estimate of drug-likeness (QED) is 0.0401. The predicted octanol–water partition coefficient (Wildman–Crippen LogP) is 5.64. The summed E-state index contributed by atoms with van der Waals surface area (Å²) in [5.41, 5.74) is 7.29. The van der Waals surface area contributed by atoms with Gasteiger partial charge in [-0.25, -0.2) is 4.79 Å². The largest absolute Gasteiger partial charge is 0.480 e. The second-order valence-corrected chi connectivity index (χ2v) is 19.0. The van der Waals surface area contributed by atoms with Crippen LogP contribution in [0.3, 0.4) is 0 Å². The molecule has 3 rings (SSSR count). The standard InChI is InChI=1S/C51H78N6O9S/c1-36(58)45(49(63)57-46(39-28-20-15-21-29-39)50(64)54-41(47(52)61)34-37-24-16-13-17-25-37)56-44(60)31-23-12-10-8-6-4-3-5-7-9-11-22-30-43(59)53-40(32-33-67-2)48(62)55-42(51(65)66)35-38-26-18-14-19-27-38/h13-14,16-19,24-27,36,39-42,45-46,58H,3-12,15,20-23,28-35H2,1-2H3,(H2,52,61)(H,53,59)(H,54,64)(H,55,62)(H,56,60)(H,57,63)(H,65,66)/t36?,40-,41-,42-,45-,46-/m0/s1. The van der Waals surface area contributed by atoms with Gasteiger partial charge in [-0.15, -0.1) is 0 Å². The first-order chi connectivity index (χ1) is 32.3. The molecular weight excluding hydrogens is 873 g/mol. The van der Waals surface area contributed by atoms with Crippen molar-refractivity contribution in [2.24, 2.45) is 11.7 Å². The number of nitrogens with one attached hydrogen (secondary N) is 5. The number of rotatable bonds is 34. The van der Waals surface area contributed by atoms with Gasteiger partial charge in [-0.05, 0) is 68.1 Å². The molecule has 1 fully saturated rings. The third-order valence-electron chi connectivity index (χ3n) is 12.4. The van der Waals surface area contributed by atoms with E-state index in [2.05, 4.69) is 26.6 Å². The molecule has 15 nitrogen and oxygen atoms in total. The monoisotopic (exact) mass is 951 g/mol. The van der Waals surface area contributed by atoms with E-state index in [9.17, 15) is 43.8 Å². The minimum atomic E-state index is -1.25. The van der Waals surface area contributed by atoms with Gasteiger partial charge >= 0.3 is 5.97 Å². The maximum absolute atomic E-state index is 13.7. The number of unbranched alkanes of at least 4 members (excludes halogenated alkanes) is 11. The Morgan fingerprint density at radius 3 is 1.52 bits per heavy atom. The zero-order chi connectivity index (χ0) is 48.8. The molecule has 2 aromatic rings. The van der Waals surface area contributed by atoms with Crippen molar-refractivity contribution >= 4 is 53.2 Å². The molecule has 372 valence electrons. The van der Waals surface area contributed by atoms with Gasteiger partial charge in [0.1, 0.15) is 30.2 Å². The summed E-state index contributed by atoms with van der Waals surface area (Å²) in [4.78, 5) is 90.2. The number of thioether (sulfide) groups is 1. The van der Waals surface area contributed by atoms with E-state index in [1.807, 2.05) is 66.9 Å². The van der Waals surface area contributed by atoms with Gasteiger partial charge in [-0.2, -0.15) is 11.8 Å². The highest BCUT2D eigenvalue weighted by Gasteiger charge is 2.36. The summed E-state index contributed by atoms with van der Waals surface area (Å²) in [7, 11) is 0. The van der Waals surface area contributed by atoms with Gasteiger partial charge in [0.05, 0.1) is 6.10 Å². The molecule has 16 heteroatoms. The summed E-state index contributed by atoms with van der Waals surface area (Å²) in [6.45, 7) is 1.43. The summed E-state index contributed by atoms with van der Waals surface area (Å²) < 4.78 is 0. The summed E-state index contributed by atoms with van der Waals surface area (Å²) in [6.07, 6.45) is 18.0. The number of nitrogens with two attached hydrogens (primary N) is 1. The van der Waals surface area contributed by atoms with E-state index in [-0.39, 0.29) is 37.0 Å². The Balaban J connectivity index is 1.28. The van der Waals surface area contributed by atoms with Gasteiger partial charge in [-0.1, -0.05) is 144 Å². The molecule has 1 aliphatic rings. The number of carbonyl (C=O) groups is 7. The molecule has 2 aromatic carbocycles. The first-order valence-electron chi connectivity index (χ1n) is 24.6. The van der Waals surface area contributed by atoms with E-state index in [4.69, 9.17) is 5.73 Å². The second-order valence-electron chi connectivity index (χ2n) is 18.1. The Kier molecular flexibility index (Phi) is 27.5. The van der Waals surface area contributed by atoms with E-state index >= 15 is 0 Å².